The first-order chi connectivity index (χ1) is 13.1. The maximum absolute atomic E-state index is 12.7. The van der Waals surface area contributed by atoms with Crippen LogP contribution in [0.5, 0.6) is 0 Å². The Morgan fingerprint density at radius 3 is 2.61 bits per heavy atom. The molecule has 0 saturated carbocycles. The van der Waals surface area contributed by atoms with Crippen LogP contribution in [0.25, 0.3) is 0 Å². The number of amides is 2. The van der Waals surface area contributed by atoms with Crippen LogP contribution >= 0.6 is 24.0 Å². The normalized spacial score (nSPS) is 16.4. The number of rotatable bonds is 7. The van der Waals surface area contributed by atoms with Crippen molar-refractivity contribution < 1.29 is 9.59 Å². The van der Waals surface area contributed by atoms with Crippen LogP contribution in [0.3, 0.4) is 0 Å². The summed E-state index contributed by atoms with van der Waals surface area (Å²) in [6, 6.07) is 17.0. The third-order valence-electron chi connectivity index (χ3n) is 4.67. The molecule has 1 aliphatic heterocycles. The molecule has 1 unspecified atom stereocenters. The van der Waals surface area contributed by atoms with Crippen LogP contribution in [0.15, 0.2) is 54.6 Å². The van der Waals surface area contributed by atoms with E-state index in [0.717, 1.165) is 12.0 Å². The number of benzene rings is 2. The predicted molar refractivity (Wildman–Crippen MR) is 114 cm³/mol. The third-order valence-corrected chi connectivity index (χ3v) is 5.04. The molecule has 2 aromatic rings. The maximum Gasteiger partial charge on any atom is 0.240 e. The van der Waals surface area contributed by atoms with E-state index in [1.54, 1.807) is 4.90 Å². The molecule has 1 fully saturated rings. The molecule has 1 saturated heterocycles. The molecular weight excluding hydrogens is 397 g/mol. The Balaban J connectivity index is 0.00000280. The molecule has 1 heterocycles. The van der Waals surface area contributed by atoms with E-state index >= 15 is 0 Å². The van der Waals surface area contributed by atoms with Crippen molar-refractivity contribution in [2.45, 2.75) is 25.4 Å². The summed E-state index contributed by atoms with van der Waals surface area (Å²) in [5.41, 5.74) is 2.09. The molecule has 1 atom stereocenters. The van der Waals surface area contributed by atoms with Gasteiger partial charge in [-0.25, -0.2) is 0 Å². The molecule has 2 amide bonds. The molecular formula is C21H25Cl2N3O2. The lowest BCUT2D eigenvalue weighted by molar-refractivity contribution is -0.138. The van der Waals surface area contributed by atoms with Crippen LogP contribution in [0, 0.1) is 0 Å². The van der Waals surface area contributed by atoms with Crippen LogP contribution in [-0.2, 0) is 22.6 Å². The molecule has 7 heteroatoms. The highest BCUT2D eigenvalue weighted by atomic mass is 35.5. The van der Waals surface area contributed by atoms with Crippen LogP contribution in [0.4, 0.5) is 0 Å². The zero-order chi connectivity index (χ0) is 19.1. The van der Waals surface area contributed by atoms with E-state index in [9.17, 15) is 9.59 Å². The maximum atomic E-state index is 12.7. The van der Waals surface area contributed by atoms with Crippen molar-refractivity contribution in [1.82, 2.24) is 15.5 Å². The molecule has 0 spiro atoms. The summed E-state index contributed by atoms with van der Waals surface area (Å²) >= 11 is 6.20. The lowest BCUT2D eigenvalue weighted by Crippen LogP contribution is -2.55. The fourth-order valence-electron chi connectivity index (χ4n) is 3.19. The summed E-state index contributed by atoms with van der Waals surface area (Å²) < 4.78 is 0. The molecule has 150 valence electrons. The van der Waals surface area contributed by atoms with Crippen LogP contribution in [0.1, 0.15) is 17.5 Å². The molecule has 1 aliphatic rings. The zero-order valence-corrected chi connectivity index (χ0v) is 17.1. The molecule has 28 heavy (non-hydrogen) atoms. The van der Waals surface area contributed by atoms with Gasteiger partial charge < -0.3 is 15.5 Å². The number of carbonyl (C=O) groups is 2. The zero-order valence-electron chi connectivity index (χ0n) is 15.6. The molecule has 0 aromatic heterocycles. The Hall–Kier alpha value is -2.08. The number of halogens is 2. The van der Waals surface area contributed by atoms with E-state index in [0.29, 0.717) is 31.2 Å². The van der Waals surface area contributed by atoms with Gasteiger partial charge in [-0.15, -0.1) is 12.4 Å². The number of hydrogen-bond donors (Lipinski definition) is 2. The summed E-state index contributed by atoms with van der Waals surface area (Å²) in [5.74, 6) is -0.171. The predicted octanol–water partition coefficient (Wildman–Crippen LogP) is 2.81. The van der Waals surface area contributed by atoms with Gasteiger partial charge in [-0.2, -0.15) is 0 Å². The number of hydrogen-bond acceptors (Lipinski definition) is 3. The smallest absolute Gasteiger partial charge is 0.240 e. The second kappa shape index (κ2) is 11.1. The Kier molecular flexibility index (Phi) is 8.77. The summed E-state index contributed by atoms with van der Waals surface area (Å²) in [6.07, 6.45) is 0.921. The van der Waals surface area contributed by atoms with Gasteiger partial charge in [0.15, 0.2) is 0 Å². The number of nitrogens with zero attached hydrogens (tertiary/aromatic N) is 1. The molecule has 0 radical (unpaired) electrons. The van der Waals surface area contributed by atoms with Crippen molar-refractivity contribution >= 4 is 35.8 Å². The molecule has 0 bridgehead atoms. The average Bonchev–Trinajstić information content (AvgIpc) is 2.67. The molecule has 5 nitrogen and oxygen atoms in total. The summed E-state index contributed by atoms with van der Waals surface area (Å²) in [5, 5.41) is 6.71. The lowest BCUT2D eigenvalue weighted by atomic mass is 10.1. The number of nitrogens with one attached hydrogen (secondary N) is 2. The minimum Gasteiger partial charge on any atom is -0.356 e. The fraction of sp³-hybridized carbons (Fsp3) is 0.333. The standard InChI is InChI=1S/C21H24ClN3O2.ClH/c22-18-9-5-4-8-17(18)15-25-13-12-23-19(21(25)27)14-20(26)24-11-10-16-6-2-1-3-7-16;/h1-9,19,23H,10-15H2,(H,24,26);1H. The second-order valence-corrected chi connectivity index (χ2v) is 7.05. The van der Waals surface area contributed by atoms with E-state index in [4.69, 9.17) is 11.6 Å². The SMILES string of the molecule is Cl.O=C(CC1NCCN(Cc2ccccc2Cl)C1=O)NCCc1ccccc1. The number of carbonyl (C=O) groups excluding carboxylic acids is 2. The Morgan fingerprint density at radius 1 is 1.14 bits per heavy atom. The van der Waals surface area contributed by atoms with Gasteiger partial charge in [0.05, 0.1) is 12.5 Å². The van der Waals surface area contributed by atoms with Gasteiger partial charge in [0, 0.05) is 31.2 Å². The third kappa shape index (κ3) is 6.23. The average molecular weight is 422 g/mol. The van der Waals surface area contributed by atoms with Crippen molar-refractivity contribution in [2.75, 3.05) is 19.6 Å². The van der Waals surface area contributed by atoms with Gasteiger partial charge >= 0.3 is 0 Å². The Labute approximate surface area is 176 Å². The van der Waals surface area contributed by atoms with Crippen molar-refractivity contribution in [3.63, 3.8) is 0 Å². The van der Waals surface area contributed by atoms with Gasteiger partial charge in [-0.1, -0.05) is 60.1 Å². The summed E-state index contributed by atoms with van der Waals surface area (Å²) in [6.45, 7) is 2.30. The highest BCUT2D eigenvalue weighted by Gasteiger charge is 2.30. The monoisotopic (exact) mass is 421 g/mol. The molecule has 0 aliphatic carbocycles. The first-order valence-corrected chi connectivity index (χ1v) is 9.57. The Bertz CT molecular complexity index is 786. The highest BCUT2D eigenvalue weighted by molar-refractivity contribution is 6.31. The van der Waals surface area contributed by atoms with Gasteiger partial charge in [-0.05, 0) is 23.6 Å². The minimum absolute atomic E-state index is 0. The van der Waals surface area contributed by atoms with E-state index in [2.05, 4.69) is 10.6 Å². The van der Waals surface area contributed by atoms with Crippen molar-refractivity contribution in [3.05, 3.63) is 70.7 Å². The van der Waals surface area contributed by atoms with E-state index in [1.807, 2.05) is 54.6 Å². The summed E-state index contributed by atoms with van der Waals surface area (Å²) in [4.78, 5) is 26.7. The lowest BCUT2D eigenvalue weighted by Gasteiger charge is -2.33. The van der Waals surface area contributed by atoms with Gasteiger partial charge in [0.25, 0.3) is 0 Å². The number of piperazine rings is 1. The molecule has 2 aromatic carbocycles. The topological polar surface area (TPSA) is 61.4 Å². The largest absolute Gasteiger partial charge is 0.356 e. The van der Waals surface area contributed by atoms with Crippen molar-refractivity contribution in [2.24, 2.45) is 0 Å². The summed E-state index contributed by atoms with van der Waals surface area (Å²) in [7, 11) is 0. The van der Waals surface area contributed by atoms with E-state index in [1.165, 1.54) is 5.56 Å². The van der Waals surface area contributed by atoms with Gasteiger partial charge in [-0.3, -0.25) is 9.59 Å². The van der Waals surface area contributed by atoms with Crippen molar-refractivity contribution in [3.8, 4) is 0 Å². The molecule has 2 N–H and O–H groups in total. The van der Waals surface area contributed by atoms with Gasteiger partial charge in [0.1, 0.15) is 0 Å². The fourth-order valence-corrected chi connectivity index (χ4v) is 3.38. The molecule has 3 rings (SSSR count). The first-order valence-electron chi connectivity index (χ1n) is 9.19. The quantitative estimate of drug-likeness (QED) is 0.722. The first kappa shape index (κ1) is 22.2. The van der Waals surface area contributed by atoms with Crippen LogP contribution < -0.4 is 10.6 Å². The van der Waals surface area contributed by atoms with Gasteiger partial charge in [0.2, 0.25) is 11.8 Å². The minimum atomic E-state index is -0.488. The van der Waals surface area contributed by atoms with E-state index < -0.39 is 6.04 Å². The van der Waals surface area contributed by atoms with Crippen molar-refractivity contribution in [1.29, 1.82) is 0 Å². The van der Waals surface area contributed by atoms with Crippen LogP contribution in [-0.4, -0.2) is 42.4 Å². The van der Waals surface area contributed by atoms with Crippen LogP contribution in [0.2, 0.25) is 5.02 Å². The second-order valence-electron chi connectivity index (χ2n) is 6.65. The Morgan fingerprint density at radius 2 is 1.86 bits per heavy atom. The highest BCUT2D eigenvalue weighted by Crippen LogP contribution is 2.18. The van der Waals surface area contributed by atoms with E-state index in [-0.39, 0.29) is 30.6 Å².